The van der Waals surface area contributed by atoms with Gasteiger partial charge in [-0.05, 0) is 30.9 Å². The normalized spacial score (nSPS) is 22.9. The third-order valence-electron chi connectivity index (χ3n) is 4.13. The van der Waals surface area contributed by atoms with Crippen molar-refractivity contribution in [3.8, 4) is 0 Å². The molecule has 1 aliphatic rings. The molecule has 0 aromatic heterocycles. The average Bonchev–Trinajstić information content (AvgIpc) is 2.45. The molecule has 6 heteroatoms. The van der Waals surface area contributed by atoms with Crippen molar-refractivity contribution in [3.05, 3.63) is 33.3 Å². The van der Waals surface area contributed by atoms with Crippen LogP contribution in [0.3, 0.4) is 0 Å². The van der Waals surface area contributed by atoms with Gasteiger partial charge in [0, 0.05) is 19.1 Å². The largest absolute Gasteiger partial charge is 0.362 e. The summed E-state index contributed by atoms with van der Waals surface area (Å²) in [4.78, 5) is 12.9. The van der Waals surface area contributed by atoms with Crippen LogP contribution in [0, 0.1) is 16.0 Å². The molecule has 0 aliphatic carbocycles. The maximum atomic E-state index is 11.3. The van der Waals surface area contributed by atoms with Crippen LogP contribution in [0.5, 0.6) is 0 Å². The van der Waals surface area contributed by atoms with E-state index in [0.717, 1.165) is 25.8 Å². The molecule has 1 aliphatic heterocycles. The molecule has 1 heterocycles. The van der Waals surface area contributed by atoms with Crippen molar-refractivity contribution in [2.45, 2.75) is 32.2 Å². The minimum absolute atomic E-state index is 0.0115. The highest BCUT2D eigenvalue weighted by Crippen LogP contribution is 2.38. The lowest BCUT2D eigenvalue weighted by molar-refractivity contribution is -0.384. The third kappa shape index (κ3) is 2.88. The van der Waals surface area contributed by atoms with Crippen LogP contribution in [0.25, 0.3) is 0 Å². The fourth-order valence-corrected chi connectivity index (χ4v) is 3.20. The topological polar surface area (TPSA) is 72.4 Å². The maximum absolute atomic E-state index is 11.3. The molecule has 1 aromatic rings. The van der Waals surface area contributed by atoms with E-state index in [4.69, 9.17) is 17.3 Å². The van der Waals surface area contributed by atoms with Crippen LogP contribution in [0.4, 0.5) is 11.4 Å². The Bertz CT molecular complexity index is 495. The van der Waals surface area contributed by atoms with Crippen molar-refractivity contribution in [2.24, 2.45) is 11.7 Å². The highest BCUT2D eigenvalue weighted by atomic mass is 35.5. The van der Waals surface area contributed by atoms with Crippen molar-refractivity contribution < 1.29 is 4.92 Å². The van der Waals surface area contributed by atoms with Gasteiger partial charge in [-0.25, -0.2) is 0 Å². The first-order chi connectivity index (χ1) is 9.58. The summed E-state index contributed by atoms with van der Waals surface area (Å²) in [7, 11) is 0. The van der Waals surface area contributed by atoms with Gasteiger partial charge >= 0.3 is 5.69 Å². The van der Waals surface area contributed by atoms with E-state index < -0.39 is 4.92 Å². The van der Waals surface area contributed by atoms with E-state index in [0.29, 0.717) is 18.2 Å². The molecule has 0 bridgehead atoms. The molecule has 2 rings (SSSR count). The number of rotatable bonds is 4. The van der Waals surface area contributed by atoms with E-state index >= 15 is 0 Å². The Kier molecular flexibility index (Phi) is 4.83. The molecule has 20 heavy (non-hydrogen) atoms. The van der Waals surface area contributed by atoms with Gasteiger partial charge < -0.3 is 10.6 Å². The minimum atomic E-state index is -0.406. The molecule has 5 nitrogen and oxygen atoms in total. The van der Waals surface area contributed by atoms with Crippen molar-refractivity contribution in [1.29, 1.82) is 0 Å². The number of anilines is 1. The fraction of sp³-hybridized carbons (Fsp3) is 0.571. The molecule has 0 radical (unpaired) electrons. The second-order valence-corrected chi connectivity index (χ2v) is 5.65. The highest BCUT2D eigenvalue weighted by molar-refractivity contribution is 6.33. The van der Waals surface area contributed by atoms with Gasteiger partial charge in [0.05, 0.1) is 4.92 Å². The number of nitro groups is 1. The SMILES string of the molecule is CCC1CCN(c2cccc(Cl)c2[N+](=O)[O-])C(CN)C1. The number of halogens is 1. The quantitative estimate of drug-likeness (QED) is 0.684. The first kappa shape index (κ1) is 15.1. The summed E-state index contributed by atoms with van der Waals surface area (Å²) in [5.41, 5.74) is 6.45. The Labute approximate surface area is 123 Å². The monoisotopic (exact) mass is 297 g/mol. The molecular weight excluding hydrogens is 278 g/mol. The number of piperidine rings is 1. The van der Waals surface area contributed by atoms with Crippen LogP contribution in [0.1, 0.15) is 26.2 Å². The van der Waals surface area contributed by atoms with E-state index in [1.165, 1.54) is 0 Å². The molecule has 2 unspecified atom stereocenters. The summed E-state index contributed by atoms with van der Waals surface area (Å²) in [5.74, 6) is 0.651. The second kappa shape index (κ2) is 6.41. The molecule has 0 saturated carbocycles. The van der Waals surface area contributed by atoms with E-state index in [1.54, 1.807) is 18.2 Å². The fourth-order valence-electron chi connectivity index (χ4n) is 2.96. The Balaban J connectivity index is 2.35. The number of nitro benzene ring substituents is 1. The van der Waals surface area contributed by atoms with E-state index in [-0.39, 0.29) is 16.8 Å². The lowest BCUT2D eigenvalue weighted by atomic mass is 9.88. The second-order valence-electron chi connectivity index (χ2n) is 5.25. The molecule has 0 spiro atoms. The third-order valence-corrected chi connectivity index (χ3v) is 4.44. The van der Waals surface area contributed by atoms with Gasteiger partial charge in [0.15, 0.2) is 0 Å². The van der Waals surface area contributed by atoms with Crippen LogP contribution < -0.4 is 10.6 Å². The van der Waals surface area contributed by atoms with Crippen LogP contribution in [0.15, 0.2) is 18.2 Å². The summed E-state index contributed by atoms with van der Waals surface area (Å²) in [6.07, 6.45) is 3.15. The molecule has 1 fully saturated rings. The van der Waals surface area contributed by atoms with Gasteiger partial charge in [-0.1, -0.05) is 31.0 Å². The molecular formula is C14H20ClN3O2. The van der Waals surface area contributed by atoms with Crippen LogP contribution in [-0.4, -0.2) is 24.1 Å². The van der Waals surface area contributed by atoms with Gasteiger partial charge in [0.25, 0.3) is 0 Å². The van der Waals surface area contributed by atoms with Crippen molar-refractivity contribution in [1.82, 2.24) is 0 Å². The first-order valence-electron chi connectivity index (χ1n) is 6.98. The zero-order valence-electron chi connectivity index (χ0n) is 11.6. The minimum Gasteiger partial charge on any atom is -0.362 e. The number of para-hydroxylation sites is 1. The molecule has 0 amide bonds. The average molecular weight is 298 g/mol. The summed E-state index contributed by atoms with van der Waals surface area (Å²) in [5, 5.41) is 11.4. The Morgan fingerprint density at radius 1 is 1.55 bits per heavy atom. The van der Waals surface area contributed by atoms with Gasteiger partial charge in [-0.2, -0.15) is 0 Å². The molecule has 1 aromatic carbocycles. The molecule has 1 saturated heterocycles. The van der Waals surface area contributed by atoms with E-state index in [2.05, 4.69) is 11.8 Å². The first-order valence-corrected chi connectivity index (χ1v) is 7.35. The zero-order chi connectivity index (χ0) is 14.7. The van der Waals surface area contributed by atoms with Crippen LogP contribution >= 0.6 is 11.6 Å². The number of hydrogen-bond acceptors (Lipinski definition) is 4. The van der Waals surface area contributed by atoms with Crippen LogP contribution in [-0.2, 0) is 0 Å². The van der Waals surface area contributed by atoms with Gasteiger partial charge in [0.1, 0.15) is 10.7 Å². The van der Waals surface area contributed by atoms with E-state index in [9.17, 15) is 10.1 Å². The van der Waals surface area contributed by atoms with E-state index in [1.807, 2.05) is 0 Å². The Morgan fingerprint density at radius 3 is 2.90 bits per heavy atom. The lowest BCUT2D eigenvalue weighted by Crippen LogP contribution is -2.47. The summed E-state index contributed by atoms with van der Waals surface area (Å²) >= 11 is 5.99. The van der Waals surface area contributed by atoms with Gasteiger partial charge in [-0.15, -0.1) is 0 Å². The molecule has 2 atom stereocenters. The molecule has 2 N–H and O–H groups in total. The van der Waals surface area contributed by atoms with Crippen molar-refractivity contribution >= 4 is 23.0 Å². The van der Waals surface area contributed by atoms with Crippen molar-refractivity contribution in [2.75, 3.05) is 18.0 Å². The van der Waals surface area contributed by atoms with Gasteiger partial charge in [0.2, 0.25) is 0 Å². The maximum Gasteiger partial charge on any atom is 0.310 e. The summed E-state index contributed by atoms with van der Waals surface area (Å²) < 4.78 is 0. The standard InChI is InChI=1S/C14H20ClN3O2/c1-2-10-6-7-17(11(8-10)9-16)13-5-3-4-12(15)14(13)18(19)20/h3-5,10-11H,2,6-9,16H2,1H3. The number of nitrogens with zero attached hydrogens (tertiary/aromatic N) is 2. The van der Waals surface area contributed by atoms with Crippen molar-refractivity contribution in [3.63, 3.8) is 0 Å². The van der Waals surface area contributed by atoms with Gasteiger partial charge in [-0.3, -0.25) is 10.1 Å². The summed E-state index contributed by atoms with van der Waals surface area (Å²) in [6.45, 7) is 3.47. The number of hydrogen-bond donors (Lipinski definition) is 1. The summed E-state index contributed by atoms with van der Waals surface area (Å²) in [6, 6.07) is 5.22. The number of benzene rings is 1. The smallest absolute Gasteiger partial charge is 0.310 e. The lowest BCUT2D eigenvalue weighted by Gasteiger charge is -2.40. The Morgan fingerprint density at radius 2 is 2.30 bits per heavy atom. The van der Waals surface area contributed by atoms with Crippen LogP contribution in [0.2, 0.25) is 5.02 Å². The Hall–Kier alpha value is -1.33. The zero-order valence-corrected chi connectivity index (χ0v) is 12.3. The highest BCUT2D eigenvalue weighted by Gasteiger charge is 2.31. The molecule has 110 valence electrons. The predicted octanol–water partition coefficient (Wildman–Crippen LogP) is 3.20. The number of nitrogens with two attached hydrogens (primary N) is 1. The predicted molar refractivity (Wildman–Crippen MR) is 81.3 cm³/mol.